The molecule has 0 spiro atoms. The van der Waals surface area contributed by atoms with Crippen molar-refractivity contribution in [2.24, 2.45) is 0 Å². The van der Waals surface area contributed by atoms with E-state index >= 15 is 0 Å². The van der Waals surface area contributed by atoms with Gasteiger partial charge in [-0.05, 0) is 118 Å². The number of fused-ring (bicyclic) bond motifs is 8. The maximum Gasteiger partial charge on any atom is 0.252 e. The molecule has 0 N–H and O–H groups in total. The van der Waals surface area contributed by atoms with Gasteiger partial charge in [0, 0.05) is 56.6 Å². The van der Waals surface area contributed by atoms with E-state index in [1.807, 2.05) is 24.3 Å². The standard InChI is InChI=1S/C60H47BN2O4/c1-37-30-50-57-51(31-37)63(48-26-23-43(60(2,3)4)36-45(48)38-14-6-5-7-15-38)58-47(25-27-54-59(58)65-29-13-28-64-54)61(57)46-24-22-42(56-35-41-17-9-11-21-53(41)67-56)33-49(46)62(50)44-19-12-18-39(32-44)55-34-40-16-8-10-20-52(40)66-55/h5-12,14-27,30-36H,13,28-29H2,1-4H3. The molecule has 2 aromatic heterocycles. The van der Waals surface area contributed by atoms with Crippen LogP contribution in [0.5, 0.6) is 11.5 Å². The SMILES string of the molecule is Cc1cc2c3c(c1)N(c1ccc(C(C)(C)C)cc1-c1ccccc1)c1c(ccc4c1OCCCO4)B3c1ccc(-c3cc4ccccc4o3)cc1N2c1cccc(-c2cc3ccccc3o2)c1. The maximum absolute atomic E-state index is 6.87. The van der Waals surface area contributed by atoms with Crippen LogP contribution >= 0.6 is 0 Å². The third-order valence-corrected chi connectivity index (χ3v) is 13.8. The minimum absolute atomic E-state index is 0.0637. The van der Waals surface area contributed by atoms with Gasteiger partial charge in [0.25, 0.3) is 6.71 Å². The van der Waals surface area contributed by atoms with Gasteiger partial charge in [0.15, 0.2) is 11.5 Å². The molecule has 13 rings (SSSR count). The Bertz CT molecular complexity index is 3530. The molecule has 0 radical (unpaired) electrons. The van der Waals surface area contributed by atoms with Gasteiger partial charge in [-0.2, -0.15) is 0 Å². The zero-order chi connectivity index (χ0) is 45.0. The minimum Gasteiger partial charge on any atom is -0.489 e. The lowest BCUT2D eigenvalue weighted by Gasteiger charge is -2.45. The van der Waals surface area contributed by atoms with E-state index in [2.05, 4.69) is 189 Å². The first-order valence-electron chi connectivity index (χ1n) is 23.3. The first kappa shape index (κ1) is 39.5. The Morgan fingerprint density at radius 1 is 0.507 bits per heavy atom. The van der Waals surface area contributed by atoms with Gasteiger partial charge in [-0.3, -0.25) is 0 Å². The zero-order valence-electron chi connectivity index (χ0n) is 38.0. The molecule has 3 aliphatic rings. The predicted molar refractivity (Wildman–Crippen MR) is 275 cm³/mol. The predicted octanol–water partition coefficient (Wildman–Crippen LogP) is 14.0. The molecule has 0 amide bonds. The van der Waals surface area contributed by atoms with E-state index < -0.39 is 0 Å². The van der Waals surface area contributed by atoms with Crippen molar-refractivity contribution in [1.29, 1.82) is 0 Å². The highest BCUT2D eigenvalue weighted by Gasteiger charge is 2.46. The number of para-hydroxylation sites is 2. The second-order valence-electron chi connectivity index (χ2n) is 19.2. The van der Waals surface area contributed by atoms with Gasteiger partial charge in [0.05, 0.1) is 24.6 Å². The monoisotopic (exact) mass is 870 g/mol. The normalized spacial score (nSPS) is 13.9. The fraction of sp³-hybridized carbons (Fsp3) is 0.133. The molecular formula is C60H47BN2O4. The van der Waals surface area contributed by atoms with Crippen LogP contribution in [-0.2, 0) is 5.41 Å². The van der Waals surface area contributed by atoms with E-state index in [9.17, 15) is 0 Å². The van der Waals surface area contributed by atoms with Gasteiger partial charge in [0.1, 0.15) is 22.7 Å². The largest absolute Gasteiger partial charge is 0.489 e. The van der Waals surface area contributed by atoms with Gasteiger partial charge in [-0.25, -0.2) is 0 Å². The lowest BCUT2D eigenvalue weighted by atomic mass is 9.33. The molecule has 3 aliphatic heterocycles. The molecule has 8 aromatic carbocycles. The number of hydrogen-bond donors (Lipinski definition) is 0. The van der Waals surface area contributed by atoms with Gasteiger partial charge in [-0.15, -0.1) is 0 Å². The number of rotatable bonds is 5. The molecule has 0 saturated heterocycles. The van der Waals surface area contributed by atoms with E-state index in [-0.39, 0.29) is 12.1 Å². The summed E-state index contributed by atoms with van der Waals surface area (Å²) in [7, 11) is 0. The summed E-state index contributed by atoms with van der Waals surface area (Å²) in [4.78, 5) is 4.94. The Kier molecular flexibility index (Phi) is 8.88. The number of benzene rings is 8. The molecule has 0 bridgehead atoms. The molecule has 0 fully saturated rings. The number of nitrogens with zero attached hydrogens (tertiary/aromatic N) is 2. The topological polar surface area (TPSA) is 51.2 Å². The van der Waals surface area contributed by atoms with Crippen LogP contribution in [0, 0.1) is 6.92 Å². The Morgan fingerprint density at radius 2 is 1.16 bits per heavy atom. The molecule has 67 heavy (non-hydrogen) atoms. The Hall–Kier alpha value is -7.90. The number of ether oxygens (including phenoxy) is 2. The highest BCUT2D eigenvalue weighted by atomic mass is 16.5. The van der Waals surface area contributed by atoms with E-state index in [1.54, 1.807) is 0 Å². The highest BCUT2D eigenvalue weighted by molar-refractivity contribution is 7.00. The van der Waals surface area contributed by atoms with Gasteiger partial charge in [0.2, 0.25) is 0 Å². The third kappa shape index (κ3) is 6.40. The molecule has 0 saturated carbocycles. The first-order chi connectivity index (χ1) is 32.7. The van der Waals surface area contributed by atoms with Crippen molar-refractivity contribution in [2.45, 2.75) is 39.5 Å². The molecule has 0 aliphatic carbocycles. The molecular weight excluding hydrogens is 823 g/mol. The third-order valence-electron chi connectivity index (χ3n) is 13.8. The summed E-state index contributed by atoms with van der Waals surface area (Å²) >= 11 is 0. The second-order valence-corrected chi connectivity index (χ2v) is 19.2. The van der Waals surface area contributed by atoms with Crippen LogP contribution in [0.3, 0.4) is 0 Å². The average Bonchev–Trinajstić information content (AvgIpc) is 3.91. The van der Waals surface area contributed by atoms with Crippen molar-refractivity contribution in [3.05, 3.63) is 187 Å². The lowest BCUT2D eigenvalue weighted by molar-refractivity contribution is 0.297. The molecule has 0 atom stereocenters. The van der Waals surface area contributed by atoms with E-state index in [0.29, 0.717) is 13.2 Å². The van der Waals surface area contributed by atoms with E-state index in [4.69, 9.17) is 18.3 Å². The first-order valence-corrected chi connectivity index (χ1v) is 23.3. The van der Waals surface area contributed by atoms with Crippen LogP contribution < -0.4 is 35.7 Å². The lowest BCUT2D eigenvalue weighted by Crippen LogP contribution is -2.61. The van der Waals surface area contributed by atoms with Crippen molar-refractivity contribution >= 4 is 79.2 Å². The number of hydrogen-bond acceptors (Lipinski definition) is 6. The van der Waals surface area contributed by atoms with Crippen LogP contribution in [0.4, 0.5) is 34.1 Å². The Balaban J connectivity index is 1.10. The summed E-state index contributed by atoms with van der Waals surface area (Å²) in [6, 6.07) is 63.3. The van der Waals surface area contributed by atoms with Crippen molar-refractivity contribution in [3.63, 3.8) is 0 Å². The smallest absolute Gasteiger partial charge is 0.252 e. The molecule has 7 heteroatoms. The number of anilines is 6. The Labute approximate surface area is 390 Å². The van der Waals surface area contributed by atoms with Crippen LogP contribution in [0.2, 0.25) is 0 Å². The fourth-order valence-corrected chi connectivity index (χ4v) is 10.6. The number of aryl methyl sites for hydroxylation is 1. The second kappa shape index (κ2) is 15.1. The summed E-state index contributed by atoms with van der Waals surface area (Å²) in [5.74, 6) is 3.21. The summed E-state index contributed by atoms with van der Waals surface area (Å²) in [6.07, 6.45) is 0.803. The van der Waals surface area contributed by atoms with Gasteiger partial charge in [-0.1, -0.05) is 124 Å². The maximum atomic E-state index is 6.87. The average molecular weight is 871 g/mol. The quantitative estimate of drug-likeness (QED) is 0.161. The van der Waals surface area contributed by atoms with Crippen LogP contribution in [0.25, 0.3) is 55.7 Å². The molecule has 10 aromatic rings. The van der Waals surface area contributed by atoms with Crippen molar-refractivity contribution in [3.8, 4) is 45.3 Å². The van der Waals surface area contributed by atoms with Gasteiger partial charge < -0.3 is 28.1 Å². The molecule has 0 unspecified atom stereocenters. The summed E-state index contributed by atoms with van der Waals surface area (Å²) < 4.78 is 26.5. The van der Waals surface area contributed by atoms with Gasteiger partial charge >= 0.3 is 0 Å². The van der Waals surface area contributed by atoms with Crippen LogP contribution in [0.15, 0.2) is 185 Å². The van der Waals surface area contributed by atoms with Crippen LogP contribution in [0.1, 0.15) is 38.3 Å². The molecule has 5 heterocycles. The van der Waals surface area contributed by atoms with Crippen molar-refractivity contribution in [2.75, 3.05) is 23.0 Å². The fourth-order valence-electron chi connectivity index (χ4n) is 10.6. The molecule has 6 nitrogen and oxygen atoms in total. The summed E-state index contributed by atoms with van der Waals surface area (Å²) in [5, 5.41) is 2.15. The Morgan fingerprint density at radius 3 is 1.90 bits per heavy atom. The van der Waals surface area contributed by atoms with E-state index in [1.165, 1.54) is 16.5 Å². The minimum atomic E-state index is -0.141. The summed E-state index contributed by atoms with van der Waals surface area (Å²) in [5.41, 5.74) is 18.4. The van der Waals surface area contributed by atoms with Crippen molar-refractivity contribution < 1.29 is 18.3 Å². The zero-order valence-corrected chi connectivity index (χ0v) is 38.0. The molecule has 324 valence electrons. The summed E-state index contributed by atoms with van der Waals surface area (Å²) in [6.45, 7) is 10.1. The number of furan rings is 2. The highest BCUT2D eigenvalue weighted by Crippen LogP contribution is 2.52. The van der Waals surface area contributed by atoms with Crippen molar-refractivity contribution in [1.82, 2.24) is 0 Å². The van der Waals surface area contributed by atoms with Crippen LogP contribution in [-0.4, -0.2) is 19.9 Å². The van der Waals surface area contributed by atoms with E-state index in [0.717, 1.165) is 119 Å².